The van der Waals surface area contributed by atoms with Gasteiger partial charge in [0.2, 0.25) is 0 Å². The van der Waals surface area contributed by atoms with E-state index in [0.29, 0.717) is 12.3 Å². The molecule has 17 heavy (non-hydrogen) atoms. The summed E-state index contributed by atoms with van der Waals surface area (Å²) in [6.45, 7) is 3.87. The number of aromatic hydroxyl groups is 1. The van der Waals surface area contributed by atoms with Crippen molar-refractivity contribution in [2.75, 3.05) is 13.1 Å². The van der Waals surface area contributed by atoms with Crippen molar-refractivity contribution in [3.8, 4) is 5.75 Å². The third kappa shape index (κ3) is 3.20. The van der Waals surface area contributed by atoms with Crippen LogP contribution in [0.25, 0.3) is 0 Å². The molecule has 1 aromatic carbocycles. The number of nitrogens with one attached hydrogen (secondary N) is 1. The summed E-state index contributed by atoms with van der Waals surface area (Å²) in [5, 5.41) is 23.1. The molecule has 0 aliphatic carbocycles. The molecule has 2 unspecified atom stereocenters. The summed E-state index contributed by atoms with van der Waals surface area (Å²) >= 11 is 0. The molecule has 2 rings (SSSR count). The van der Waals surface area contributed by atoms with Gasteiger partial charge >= 0.3 is 0 Å². The summed E-state index contributed by atoms with van der Waals surface area (Å²) in [7, 11) is 0. The van der Waals surface area contributed by atoms with E-state index in [2.05, 4.69) is 5.32 Å². The lowest BCUT2D eigenvalue weighted by Gasteiger charge is -2.36. The predicted molar refractivity (Wildman–Crippen MR) is 68.0 cm³/mol. The highest BCUT2D eigenvalue weighted by molar-refractivity contribution is 5.27. The Balaban J connectivity index is 2.02. The van der Waals surface area contributed by atoms with Crippen molar-refractivity contribution >= 4 is 0 Å². The predicted octanol–water partition coefficient (Wildman–Crippen LogP) is 1.69. The van der Waals surface area contributed by atoms with E-state index in [9.17, 15) is 10.2 Å². The van der Waals surface area contributed by atoms with Gasteiger partial charge in [-0.05, 0) is 44.0 Å². The molecule has 3 N–H and O–H groups in total. The lowest BCUT2D eigenvalue weighted by atomic mass is 9.79. The van der Waals surface area contributed by atoms with Crippen LogP contribution in [0.4, 0.5) is 0 Å². The zero-order valence-electron chi connectivity index (χ0n) is 10.3. The van der Waals surface area contributed by atoms with Crippen molar-refractivity contribution in [2.45, 2.75) is 31.8 Å². The van der Waals surface area contributed by atoms with Gasteiger partial charge in [-0.15, -0.1) is 0 Å². The summed E-state index contributed by atoms with van der Waals surface area (Å²) in [5.74, 6) is 0.581. The quantitative estimate of drug-likeness (QED) is 0.747. The van der Waals surface area contributed by atoms with Crippen LogP contribution in [0.3, 0.4) is 0 Å². The van der Waals surface area contributed by atoms with Crippen LogP contribution in [0.1, 0.15) is 25.3 Å². The molecule has 1 heterocycles. The molecule has 3 nitrogen and oxygen atoms in total. The van der Waals surface area contributed by atoms with Gasteiger partial charge < -0.3 is 15.5 Å². The van der Waals surface area contributed by atoms with Crippen LogP contribution in [0, 0.1) is 5.92 Å². The summed E-state index contributed by atoms with van der Waals surface area (Å²) in [6.07, 6.45) is 2.86. The molecule has 0 bridgehead atoms. The van der Waals surface area contributed by atoms with E-state index in [4.69, 9.17) is 0 Å². The topological polar surface area (TPSA) is 52.5 Å². The molecule has 0 radical (unpaired) electrons. The number of hydrogen-bond donors (Lipinski definition) is 3. The second-order valence-electron chi connectivity index (χ2n) is 5.24. The highest BCUT2D eigenvalue weighted by Crippen LogP contribution is 2.28. The fraction of sp³-hybridized carbons (Fsp3) is 0.571. The Morgan fingerprint density at radius 2 is 2.06 bits per heavy atom. The summed E-state index contributed by atoms with van der Waals surface area (Å²) in [4.78, 5) is 0. The van der Waals surface area contributed by atoms with E-state index in [1.807, 2.05) is 19.1 Å². The first-order valence-corrected chi connectivity index (χ1v) is 6.29. The number of benzene rings is 1. The Kier molecular flexibility index (Phi) is 3.69. The van der Waals surface area contributed by atoms with Gasteiger partial charge in [-0.2, -0.15) is 0 Å². The minimum absolute atomic E-state index is 0.271. The molecule has 0 saturated carbocycles. The van der Waals surface area contributed by atoms with E-state index in [1.54, 1.807) is 12.1 Å². The summed E-state index contributed by atoms with van der Waals surface area (Å²) < 4.78 is 0. The number of aliphatic hydroxyl groups is 1. The molecule has 1 aliphatic rings. The zero-order valence-corrected chi connectivity index (χ0v) is 10.3. The molecule has 1 aliphatic heterocycles. The first kappa shape index (κ1) is 12.4. The summed E-state index contributed by atoms with van der Waals surface area (Å²) in [6, 6.07) is 7.09. The molecular weight excluding hydrogens is 214 g/mol. The van der Waals surface area contributed by atoms with Gasteiger partial charge in [0.25, 0.3) is 0 Å². The maximum Gasteiger partial charge on any atom is 0.115 e. The van der Waals surface area contributed by atoms with E-state index in [-0.39, 0.29) is 5.75 Å². The molecule has 1 fully saturated rings. The van der Waals surface area contributed by atoms with Crippen molar-refractivity contribution in [1.29, 1.82) is 0 Å². The van der Waals surface area contributed by atoms with Crippen LogP contribution in [0.5, 0.6) is 5.75 Å². The molecule has 94 valence electrons. The number of rotatable bonds is 3. The van der Waals surface area contributed by atoms with Crippen molar-refractivity contribution in [2.24, 2.45) is 5.92 Å². The molecule has 0 amide bonds. The highest BCUT2D eigenvalue weighted by atomic mass is 16.3. The van der Waals surface area contributed by atoms with Crippen molar-refractivity contribution < 1.29 is 10.2 Å². The highest BCUT2D eigenvalue weighted by Gasteiger charge is 2.32. The number of piperidine rings is 1. The average Bonchev–Trinajstić information content (AvgIpc) is 2.33. The van der Waals surface area contributed by atoms with Crippen LogP contribution >= 0.6 is 0 Å². The lowest BCUT2D eigenvalue weighted by molar-refractivity contribution is -0.0102. The fourth-order valence-electron chi connectivity index (χ4n) is 2.55. The Labute approximate surface area is 102 Å². The average molecular weight is 235 g/mol. The molecule has 0 spiro atoms. The van der Waals surface area contributed by atoms with Gasteiger partial charge in [0, 0.05) is 18.9 Å². The van der Waals surface area contributed by atoms with Gasteiger partial charge in [-0.1, -0.05) is 12.1 Å². The SMILES string of the molecule is CC(O)(Cc1ccc(O)cc1)C1CCCNC1. The van der Waals surface area contributed by atoms with Crippen LogP contribution < -0.4 is 5.32 Å². The maximum absolute atomic E-state index is 10.6. The van der Waals surface area contributed by atoms with Crippen molar-refractivity contribution in [1.82, 2.24) is 5.32 Å². The smallest absolute Gasteiger partial charge is 0.115 e. The normalized spacial score (nSPS) is 24.2. The van der Waals surface area contributed by atoms with Crippen LogP contribution in [0.2, 0.25) is 0 Å². The number of phenolic OH excluding ortho intramolecular Hbond substituents is 1. The molecule has 3 heteroatoms. The molecule has 1 saturated heterocycles. The van der Waals surface area contributed by atoms with Crippen LogP contribution in [-0.4, -0.2) is 28.9 Å². The minimum atomic E-state index is -0.676. The summed E-state index contributed by atoms with van der Waals surface area (Å²) in [5.41, 5.74) is 0.392. The Morgan fingerprint density at radius 1 is 1.35 bits per heavy atom. The van der Waals surface area contributed by atoms with Gasteiger partial charge in [0.15, 0.2) is 0 Å². The van der Waals surface area contributed by atoms with E-state index < -0.39 is 5.60 Å². The molecular formula is C14H21NO2. The van der Waals surface area contributed by atoms with Gasteiger partial charge in [0.05, 0.1) is 5.60 Å². The van der Waals surface area contributed by atoms with Crippen molar-refractivity contribution in [3.63, 3.8) is 0 Å². The first-order chi connectivity index (χ1) is 8.08. The third-order valence-electron chi connectivity index (χ3n) is 3.67. The monoisotopic (exact) mass is 235 g/mol. The lowest BCUT2D eigenvalue weighted by Crippen LogP contribution is -2.45. The van der Waals surface area contributed by atoms with Crippen LogP contribution in [-0.2, 0) is 6.42 Å². The minimum Gasteiger partial charge on any atom is -0.508 e. The van der Waals surface area contributed by atoms with Crippen LogP contribution in [0.15, 0.2) is 24.3 Å². The van der Waals surface area contributed by atoms with E-state index >= 15 is 0 Å². The fourth-order valence-corrected chi connectivity index (χ4v) is 2.55. The second-order valence-corrected chi connectivity index (χ2v) is 5.24. The van der Waals surface area contributed by atoms with Gasteiger partial charge in [-0.25, -0.2) is 0 Å². The maximum atomic E-state index is 10.6. The Morgan fingerprint density at radius 3 is 2.65 bits per heavy atom. The van der Waals surface area contributed by atoms with Crippen molar-refractivity contribution in [3.05, 3.63) is 29.8 Å². The zero-order chi connectivity index (χ0) is 12.3. The van der Waals surface area contributed by atoms with E-state index in [1.165, 1.54) is 0 Å². The molecule has 1 aromatic rings. The second kappa shape index (κ2) is 5.07. The number of hydrogen-bond acceptors (Lipinski definition) is 3. The third-order valence-corrected chi connectivity index (χ3v) is 3.67. The van der Waals surface area contributed by atoms with E-state index in [0.717, 1.165) is 31.5 Å². The van der Waals surface area contributed by atoms with Gasteiger partial charge in [0.1, 0.15) is 5.75 Å². The molecule has 2 atom stereocenters. The Hall–Kier alpha value is -1.06. The first-order valence-electron chi connectivity index (χ1n) is 6.29. The molecule has 0 aromatic heterocycles. The largest absolute Gasteiger partial charge is 0.508 e. The van der Waals surface area contributed by atoms with Gasteiger partial charge in [-0.3, -0.25) is 0 Å². The standard InChI is InChI=1S/C14H21NO2/c1-14(17,12-3-2-8-15-10-12)9-11-4-6-13(16)7-5-11/h4-7,12,15-17H,2-3,8-10H2,1H3. The Bertz CT molecular complexity index is 353. The number of phenols is 1.